The van der Waals surface area contributed by atoms with Gasteiger partial charge in [0.25, 0.3) is 0 Å². The van der Waals surface area contributed by atoms with Gasteiger partial charge < -0.3 is 5.32 Å². The molecule has 0 saturated carbocycles. The number of benzene rings is 1. The van der Waals surface area contributed by atoms with Crippen LogP contribution in [0.5, 0.6) is 0 Å². The van der Waals surface area contributed by atoms with E-state index in [1.54, 1.807) is 0 Å². The number of unbranched alkanes of at least 4 members (excludes halogenated alkanes) is 1. The summed E-state index contributed by atoms with van der Waals surface area (Å²) in [6, 6.07) is 7.06. The van der Waals surface area contributed by atoms with E-state index in [1.165, 1.54) is 37.1 Å². The minimum Gasteiger partial charge on any atom is -0.353 e. The molecule has 26 heavy (non-hydrogen) atoms. The van der Waals surface area contributed by atoms with Gasteiger partial charge in [0.1, 0.15) is 5.82 Å². The van der Waals surface area contributed by atoms with Crippen molar-refractivity contribution < 1.29 is 9.18 Å². The van der Waals surface area contributed by atoms with Gasteiger partial charge in [-0.15, -0.1) is 0 Å². The van der Waals surface area contributed by atoms with E-state index in [0.29, 0.717) is 12.5 Å². The molecule has 3 nitrogen and oxygen atoms in total. The summed E-state index contributed by atoms with van der Waals surface area (Å²) >= 11 is 0. The fourth-order valence-electron chi connectivity index (χ4n) is 3.61. The SMILES string of the molecule is O=C(CCCCC1CCSS1)NC1CCN(Cc2ccc(F)cc2)CC1. The molecule has 1 amide bonds. The molecule has 2 aliphatic heterocycles. The monoisotopic (exact) mass is 396 g/mol. The highest BCUT2D eigenvalue weighted by atomic mass is 33.1. The summed E-state index contributed by atoms with van der Waals surface area (Å²) in [6.45, 7) is 2.83. The molecule has 0 aromatic heterocycles. The Bertz CT molecular complexity index is 555. The van der Waals surface area contributed by atoms with Gasteiger partial charge in [-0.2, -0.15) is 0 Å². The molecule has 2 heterocycles. The normalized spacial score (nSPS) is 21.8. The van der Waals surface area contributed by atoms with E-state index in [9.17, 15) is 9.18 Å². The molecule has 1 atom stereocenters. The Morgan fingerprint density at radius 3 is 2.62 bits per heavy atom. The van der Waals surface area contributed by atoms with Crippen molar-refractivity contribution in [3.05, 3.63) is 35.6 Å². The van der Waals surface area contributed by atoms with E-state index in [2.05, 4.69) is 10.2 Å². The molecule has 0 spiro atoms. The van der Waals surface area contributed by atoms with Crippen LogP contribution in [0.3, 0.4) is 0 Å². The summed E-state index contributed by atoms with van der Waals surface area (Å²) in [4.78, 5) is 14.5. The highest BCUT2D eigenvalue weighted by molar-refractivity contribution is 8.77. The van der Waals surface area contributed by atoms with Crippen LogP contribution in [-0.2, 0) is 11.3 Å². The van der Waals surface area contributed by atoms with Gasteiger partial charge in [0, 0.05) is 43.1 Å². The average molecular weight is 397 g/mol. The van der Waals surface area contributed by atoms with Gasteiger partial charge in [-0.3, -0.25) is 9.69 Å². The number of piperidine rings is 1. The van der Waals surface area contributed by atoms with Gasteiger partial charge in [-0.25, -0.2) is 4.39 Å². The van der Waals surface area contributed by atoms with E-state index in [1.807, 2.05) is 33.7 Å². The van der Waals surface area contributed by atoms with Crippen LogP contribution in [0.25, 0.3) is 0 Å². The molecule has 1 N–H and O–H groups in total. The minimum absolute atomic E-state index is 0.184. The van der Waals surface area contributed by atoms with Crippen molar-refractivity contribution in [2.24, 2.45) is 0 Å². The molecule has 0 bridgehead atoms. The zero-order valence-electron chi connectivity index (χ0n) is 15.3. The van der Waals surface area contributed by atoms with Crippen LogP contribution >= 0.6 is 21.6 Å². The third-order valence-corrected chi connectivity index (χ3v) is 8.19. The van der Waals surface area contributed by atoms with Crippen LogP contribution in [-0.4, -0.2) is 40.9 Å². The van der Waals surface area contributed by atoms with Crippen molar-refractivity contribution in [1.82, 2.24) is 10.2 Å². The van der Waals surface area contributed by atoms with Crippen molar-refractivity contribution in [3.63, 3.8) is 0 Å². The second-order valence-corrected chi connectivity index (χ2v) is 10.1. The Hall–Kier alpha value is -0.720. The highest BCUT2D eigenvalue weighted by Crippen LogP contribution is 2.39. The molecule has 1 aromatic rings. The van der Waals surface area contributed by atoms with E-state index in [4.69, 9.17) is 0 Å². The Labute approximate surface area is 164 Å². The maximum absolute atomic E-state index is 13.0. The molecule has 0 radical (unpaired) electrons. The minimum atomic E-state index is -0.184. The van der Waals surface area contributed by atoms with Gasteiger partial charge in [-0.1, -0.05) is 40.1 Å². The lowest BCUT2D eigenvalue weighted by Crippen LogP contribution is -2.44. The molecule has 2 aliphatic rings. The Kier molecular flexibility index (Phi) is 8.14. The number of likely N-dealkylation sites (tertiary alicyclic amines) is 1. The molecule has 2 fully saturated rings. The number of nitrogens with zero attached hydrogens (tertiary/aromatic N) is 1. The van der Waals surface area contributed by atoms with Crippen LogP contribution < -0.4 is 5.32 Å². The number of halogens is 1. The van der Waals surface area contributed by atoms with Crippen molar-refractivity contribution in [1.29, 1.82) is 0 Å². The number of nitrogens with one attached hydrogen (secondary N) is 1. The van der Waals surface area contributed by atoms with E-state index in [0.717, 1.165) is 49.7 Å². The lowest BCUT2D eigenvalue weighted by Gasteiger charge is -2.32. The zero-order chi connectivity index (χ0) is 18.2. The molecule has 1 aromatic carbocycles. The third-order valence-electron chi connectivity index (χ3n) is 5.18. The lowest BCUT2D eigenvalue weighted by molar-refractivity contribution is -0.122. The molecule has 1 unspecified atom stereocenters. The van der Waals surface area contributed by atoms with Gasteiger partial charge in [0.2, 0.25) is 5.91 Å². The topological polar surface area (TPSA) is 32.3 Å². The van der Waals surface area contributed by atoms with Crippen molar-refractivity contribution in [2.75, 3.05) is 18.8 Å². The lowest BCUT2D eigenvalue weighted by atomic mass is 10.0. The molecule has 144 valence electrons. The summed E-state index contributed by atoms with van der Waals surface area (Å²) in [6.07, 6.45) is 7.44. The van der Waals surface area contributed by atoms with Crippen LogP contribution in [0, 0.1) is 5.82 Å². The van der Waals surface area contributed by atoms with Gasteiger partial charge in [0.05, 0.1) is 0 Å². The summed E-state index contributed by atoms with van der Waals surface area (Å²) in [5.74, 6) is 1.32. The second kappa shape index (κ2) is 10.6. The summed E-state index contributed by atoms with van der Waals surface area (Å²) in [7, 11) is 4.01. The number of hydrogen-bond acceptors (Lipinski definition) is 4. The van der Waals surface area contributed by atoms with Crippen molar-refractivity contribution >= 4 is 27.5 Å². The van der Waals surface area contributed by atoms with Crippen LogP contribution in [0.1, 0.15) is 50.5 Å². The first kappa shape index (κ1) is 20.0. The molecule has 3 rings (SSSR count). The van der Waals surface area contributed by atoms with Crippen molar-refractivity contribution in [3.8, 4) is 0 Å². The Balaban J connectivity index is 1.27. The number of amides is 1. The fourth-order valence-corrected chi connectivity index (χ4v) is 6.63. The maximum atomic E-state index is 13.0. The van der Waals surface area contributed by atoms with Crippen molar-refractivity contribution in [2.45, 2.75) is 62.8 Å². The van der Waals surface area contributed by atoms with Crippen LogP contribution in [0.15, 0.2) is 24.3 Å². The largest absolute Gasteiger partial charge is 0.353 e. The van der Waals surface area contributed by atoms with Crippen LogP contribution in [0.4, 0.5) is 4.39 Å². The standard InChI is InChI=1S/C20H29FN2OS2/c21-17-7-5-16(6-8-17)15-23-12-9-18(10-13-23)22-20(24)4-2-1-3-19-11-14-25-26-19/h5-8,18-19H,1-4,9-15H2,(H,22,24). The summed E-state index contributed by atoms with van der Waals surface area (Å²) in [5.41, 5.74) is 1.15. The number of rotatable bonds is 8. The van der Waals surface area contributed by atoms with Gasteiger partial charge in [0.15, 0.2) is 0 Å². The van der Waals surface area contributed by atoms with E-state index in [-0.39, 0.29) is 11.7 Å². The third kappa shape index (κ3) is 6.78. The fraction of sp³-hybridized carbons (Fsp3) is 0.650. The summed E-state index contributed by atoms with van der Waals surface area (Å²) in [5, 5.41) is 4.03. The van der Waals surface area contributed by atoms with E-state index < -0.39 is 0 Å². The number of hydrogen-bond donors (Lipinski definition) is 1. The van der Waals surface area contributed by atoms with Gasteiger partial charge in [-0.05, 0) is 49.8 Å². The maximum Gasteiger partial charge on any atom is 0.220 e. The number of carbonyl (C=O) groups excluding carboxylic acids is 1. The first-order chi connectivity index (χ1) is 12.7. The highest BCUT2D eigenvalue weighted by Gasteiger charge is 2.21. The van der Waals surface area contributed by atoms with Gasteiger partial charge >= 0.3 is 0 Å². The predicted octanol–water partition coefficient (Wildman–Crippen LogP) is 4.62. The smallest absolute Gasteiger partial charge is 0.220 e. The molecule has 0 aliphatic carbocycles. The molecular weight excluding hydrogens is 367 g/mol. The Morgan fingerprint density at radius 1 is 1.15 bits per heavy atom. The second-order valence-electron chi connectivity index (χ2n) is 7.32. The number of carbonyl (C=O) groups is 1. The summed E-state index contributed by atoms with van der Waals surface area (Å²) < 4.78 is 13.0. The Morgan fingerprint density at radius 2 is 1.92 bits per heavy atom. The molecular formula is C20H29FN2OS2. The first-order valence-corrected chi connectivity index (χ1v) is 12.1. The van der Waals surface area contributed by atoms with E-state index >= 15 is 0 Å². The van der Waals surface area contributed by atoms with Crippen LogP contribution in [0.2, 0.25) is 0 Å². The quantitative estimate of drug-likeness (QED) is 0.513. The predicted molar refractivity (Wildman–Crippen MR) is 110 cm³/mol. The molecule has 2 saturated heterocycles. The zero-order valence-corrected chi connectivity index (χ0v) is 16.9. The average Bonchev–Trinajstić information content (AvgIpc) is 3.16. The molecule has 6 heteroatoms. The first-order valence-electron chi connectivity index (χ1n) is 9.73.